The summed E-state index contributed by atoms with van der Waals surface area (Å²) in [6, 6.07) is 1.93. The number of benzene rings is 1. The van der Waals surface area contributed by atoms with Gasteiger partial charge in [-0.25, -0.2) is 0 Å². The lowest BCUT2D eigenvalue weighted by Gasteiger charge is -2.20. The Morgan fingerprint density at radius 2 is 1.76 bits per heavy atom. The fourth-order valence-corrected chi connectivity index (χ4v) is 3.58. The molecule has 25 heavy (non-hydrogen) atoms. The van der Waals surface area contributed by atoms with Gasteiger partial charge in [0.05, 0.1) is 32.8 Å². The number of carboxylic acid groups (broad SMARTS) is 1. The van der Waals surface area contributed by atoms with Crippen LogP contribution in [0.1, 0.15) is 11.1 Å². The van der Waals surface area contributed by atoms with E-state index in [2.05, 4.69) is 0 Å². The van der Waals surface area contributed by atoms with Gasteiger partial charge in [0.2, 0.25) is 11.7 Å². The number of methoxy groups -OCH3 is 3. The second-order valence-electron chi connectivity index (χ2n) is 5.55. The molecule has 1 amide bonds. The largest absolute Gasteiger partial charge is 0.493 e. The van der Waals surface area contributed by atoms with Crippen molar-refractivity contribution >= 4 is 23.6 Å². The normalized spacial score (nSPS) is 13.6. The van der Waals surface area contributed by atoms with Crippen LogP contribution in [0.4, 0.5) is 0 Å². The van der Waals surface area contributed by atoms with Gasteiger partial charge in [-0.1, -0.05) is 0 Å². The number of carboxylic acids is 1. The molecule has 1 N–H and O–H groups in total. The van der Waals surface area contributed by atoms with Gasteiger partial charge in [0.25, 0.3) is 0 Å². The summed E-state index contributed by atoms with van der Waals surface area (Å²) in [5.41, 5.74) is 2.09. The van der Waals surface area contributed by atoms with Gasteiger partial charge in [0.15, 0.2) is 11.5 Å². The quantitative estimate of drug-likeness (QED) is 0.779. The fourth-order valence-electron chi connectivity index (χ4n) is 2.94. The summed E-state index contributed by atoms with van der Waals surface area (Å²) >= 11 is 1.12. The summed E-state index contributed by atoms with van der Waals surface area (Å²) in [6.07, 6.45) is 1.33. The van der Waals surface area contributed by atoms with Crippen LogP contribution in [-0.4, -0.2) is 67.8 Å². The highest BCUT2D eigenvalue weighted by atomic mass is 32.2. The third-order valence-corrected chi connectivity index (χ3v) is 5.01. The van der Waals surface area contributed by atoms with Gasteiger partial charge in [-0.2, -0.15) is 0 Å². The molecule has 7 nitrogen and oxygen atoms in total. The van der Waals surface area contributed by atoms with E-state index in [-0.39, 0.29) is 17.4 Å². The molecule has 8 heteroatoms. The number of ether oxygens (including phenoxy) is 3. The van der Waals surface area contributed by atoms with Gasteiger partial charge in [0, 0.05) is 18.7 Å². The summed E-state index contributed by atoms with van der Waals surface area (Å²) in [4.78, 5) is 24.7. The summed E-state index contributed by atoms with van der Waals surface area (Å²) < 4.78 is 16.4. The molecule has 1 aliphatic heterocycles. The van der Waals surface area contributed by atoms with Crippen molar-refractivity contribution in [2.75, 3.05) is 45.9 Å². The molecule has 0 saturated carbocycles. The van der Waals surface area contributed by atoms with E-state index in [0.29, 0.717) is 43.2 Å². The molecule has 138 valence electrons. The Bertz CT molecular complexity index is 649. The second kappa shape index (κ2) is 8.84. The van der Waals surface area contributed by atoms with Gasteiger partial charge >= 0.3 is 5.97 Å². The number of carbonyl (C=O) groups excluding carboxylic acids is 1. The van der Waals surface area contributed by atoms with Gasteiger partial charge in [-0.15, -0.1) is 11.8 Å². The monoisotopic (exact) mass is 369 g/mol. The molecule has 0 aromatic heterocycles. The maximum Gasteiger partial charge on any atom is 0.313 e. The maximum atomic E-state index is 12.3. The zero-order valence-corrected chi connectivity index (χ0v) is 15.5. The van der Waals surface area contributed by atoms with Crippen LogP contribution >= 0.6 is 11.8 Å². The molecule has 1 aromatic carbocycles. The van der Waals surface area contributed by atoms with E-state index in [1.165, 1.54) is 0 Å². The summed E-state index contributed by atoms with van der Waals surface area (Å²) in [5, 5.41) is 8.67. The number of aliphatic carboxylic acids is 1. The van der Waals surface area contributed by atoms with Crippen LogP contribution in [0, 0.1) is 0 Å². The van der Waals surface area contributed by atoms with Crippen molar-refractivity contribution < 1.29 is 28.9 Å². The number of nitrogens with zero attached hydrogens (tertiary/aromatic N) is 1. The molecule has 0 unspecified atom stereocenters. The Labute approximate surface area is 151 Å². The molecule has 1 aromatic rings. The second-order valence-corrected chi connectivity index (χ2v) is 6.54. The molecule has 0 atom stereocenters. The first-order valence-corrected chi connectivity index (χ1v) is 9.05. The van der Waals surface area contributed by atoms with Gasteiger partial charge in [-0.05, 0) is 24.5 Å². The number of rotatable bonds is 7. The molecule has 0 bridgehead atoms. The Morgan fingerprint density at radius 3 is 2.36 bits per heavy atom. The molecule has 0 fully saturated rings. The van der Waals surface area contributed by atoms with Crippen LogP contribution < -0.4 is 14.2 Å². The molecule has 0 radical (unpaired) electrons. The first kappa shape index (κ1) is 19.2. The predicted octanol–water partition coefficient (Wildman–Crippen LogP) is 1.46. The van der Waals surface area contributed by atoms with Crippen molar-refractivity contribution in [2.24, 2.45) is 0 Å². The van der Waals surface area contributed by atoms with Crippen molar-refractivity contribution in [1.82, 2.24) is 4.90 Å². The Kier molecular flexibility index (Phi) is 6.81. The summed E-state index contributed by atoms with van der Waals surface area (Å²) in [7, 11) is 4.74. The highest BCUT2D eigenvalue weighted by Gasteiger charge is 2.25. The van der Waals surface area contributed by atoms with E-state index in [4.69, 9.17) is 19.3 Å². The molecule has 1 aliphatic rings. The highest BCUT2D eigenvalue weighted by Crippen LogP contribution is 2.43. The average Bonchev–Trinajstić information content (AvgIpc) is 2.81. The number of thioether (sulfide) groups is 1. The fraction of sp³-hybridized carbons (Fsp3) is 0.529. The highest BCUT2D eigenvalue weighted by molar-refractivity contribution is 8.00. The number of hydrogen-bond acceptors (Lipinski definition) is 6. The van der Waals surface area contributed by atoms with Gasteiger partial charge in [0.1, 0.15) is 0 Å². The minimum Gasteiger partial charge on any atom is -0.493 e. The lowest BCUT2D eigenvalue weighted by Crippen LogP contribution is -2.34. The SMILES string of the molecule is COc1cc2c(c(OC)c1OC)CCN(C(=O)CSCC(=O)O)CC2. The predicted molar refractivity (Wildman–Crippen MR) is 95.0 cm³/mol. The van der Waals surface area contributed by atoms with E-state index in [9.17, 15) is 9.59 Å². The number of amides is 1. The summed E-state index contributed by atoms with van der Waals surface area (Å²) in [6.45, 7) is 1.14. The first-order valence-electron chi connectivity index (χ1n) is 7.89. The lowest BCUT2D eigenvalue weighted by molar-refractivity contribution is -0.133. The molecular weight excluding hydrogens is 346 g/mol. The van der Waals surface area contributed by atoms with E-state index in [0.717, 1.165) is 22.9 Å². The first-order chi connectivity index (χ1) is 12.0. The number of carbonyl (C=O) groups is 2. The standard InChI is InChI=1S/C17H23NO6S/c1-22-13-8-11-4-6-18(14(19)9-25-10-15(20)21)7-5-12(11)16(23-2)17(13)24-3/h8H,4-7,9-10H2,1-3H3,(H,20,21). The third-order valence-electron chi connectivity index (χ3n) is 4.11. The topological polar surface area (TPSA) is 85.3 Å². The number of fused-ring (bicyclic) bond motifs is 1. The average molecular weight is 369 g/mol. The zero-order chi connectivity index (χ0) is 18.4. The maximum absolute atomic E-state index is 12.3. The molecule has 2 rings (SSSR count). The van der Waals surface area contributed by atoms with Crippen molar-refractivity contribution in [1.29, 1.82) is 0 Å². The molecule has 0 saturated heterocycles. The van der Waals surface area contributed by atoms with E-state index in [1.807, 2.05) is 6.07 Å². The Hall–Kier alpha value is -2.09. The zero-order valence-electron chi connectivity index (χ0n) is 14.7. The van der Waals surface area contributed by atoms with Crippen molar-refractivity contribution in [3.8, 4) is 17.2 Å². The van der Waals surface area contributed by atoms with E-state index >= 15 is 0 Å². The van der Waals surface area contributed by atoms with Crippen molar-refractivity contribution in [3.63, 3.8) is 0 Å². The van der Waals surface area contributed by atoms with Crippen LogP contribution in [0.5, 0.6) is 17.2 Å². The minimum absolute atomic E-state index is 0.0445. The summed E-state index contributed by atoms with van der Waals surface area (Å²) in [5.74, 6) is 0.956. The Balaban J connectivity index is 2.16. The molecule has 0 aliphatic carbocycles. The molecule has 0 spiro atoms. The number of hydrogen-bond donors (Lipinski definition) is 1. The van der Waals surface area contributed by atoms with Crippen LogP contribution in [0.15, 0.2) is 6.07 Å². The van der Waals surface area contributed by atoms with Crippen molar-refractivity contribution in [2.45, 2.75) is 12.8 Å². The van der Waals surface area contributed by atoms with Gasteiger partial charge < -0.3 is 24.2 Å². The molecular formula is C17H23NO6S. The van der Waals surface area contributed by atoms with Crippen LogP contribution in [0.25, 0.3) is 0 Å². The van der Waals surface area contributed by atoms with Gasteiger partial charge in [-0.3, -0.25) is 9.59 Å². The molecule has 1 heterocycles. The van der Waals surface area contributed by atoms with Crippen molar-refractivity contribution in [3.05, 3.63) is 17.2 Å². The third kappa shape index (κ3) is 4.50. The van der Waals surface area contributed by atoms with Crippen LogP contribution in [-0.2, 0) is 22.4 Å². The van der Waals surface area contributed by atoms with Crippen LogP contribution in [0.2, 0.25) is 0 Å². The minimum atomic E-state index is -0.912. The Morgan fingerprint density at radius 1 is 1.08 bits per heavy atom. The smallest absolute Gasteiger partial charge is 0.313 e. The van der Waals surface area contributed by atoms with Crippen LogP contribution in [0.3, 0.4) is 0 Å². The van der Waals surface area contributed by atoms with E-state index < -0.39 is 5.97 Å². The lowest BCUT2D eigenvalue weighted by atomic mass is 10.0. The van der Waals surface area contributed by atoms with E-state index in [1.54, 1.807) is 26.2 Å².